The van der Waals surface area contributed by atoms with Gasteiger partial charge in [-0.05, 0) is 25.5 Å². The summed E-state index contributed by atoms with van der Waals surface area (Å²) >= 11 is 0. The molecule has 0 spiro atoms. The molecule has 1 N–H and O–H groups in total. The molecule has 3 rings (SSSR count). The Balaban J connectivity index is 1.68. The van der Waals surface area contributed by atoms with Crippen molar-refractivity contribution >= 4 is 0 Å². The molecule has 0 aromatic heterocycles. The van der Waals surface area contributed by atoms with E-state index in [9.17, 15) is 0 Å². The first kappa shape index (κ1) is 12.9. The third kappa shape index (κ3) is 2.77. The number of likely N-dealkylation sites (tertiary alicyclic amines) is 1. The first-order valence-corrected chi connectivity index (χ1v) is 7.57. The molecule has 1 saturated heterocycles. The number of hydrogen-bond donors (Lipinski definition) is 1. The highest BCUT2D eigenvalue weighted by Crippen LogP contribution is 2.36. The van der Waals surface area contributed by atoms with Gasteiger partial charge in [0, 0.05) is 37.2 Å². The van der Waals surface area contributed by atoms with E-state index in [-0.39, 0.29) is 0 Å². The Hall–Kier alpha value is -1.06. The molecule has 0 bridgehead atoms. The molecule has 0 amide bonds. The first-order valence-electron chi connectivity index (χ1n) is 7.57. The van der Waals surface area contributed by atoms with Gasteiger partial charge in [0.25, 0.3) is 0 Å². The summed E-state index contributed by atoms with van der Waals surface area (Å²) in [4.78, 5) is 2.65. The van der Waals surface area contributed by atoms with Crippen LogP contribution in [-0.2, 0) is 0 Å². The van der Waals surface area contributed by atoms with E-state index in [1.165, 1.54) is 31.5 Å². The van der Waals surface area contributed by atoms with Crippen LogP contribution in [0.5, 0.6) is 5.75 Å². The molecule has 3 nitrogen and oxygen atoms in total. The molecule has 3 heteroatoms. The lowest BCUT2D eigenvalue weighted by molar-refractivity contribution is 0.107. The van der Waals surface area contributed by atoms with Crippen molar-refractivity contribution in [2.75, 3.05) is 26.2 Å². The van der Waals surface area contributed by atoms with E-state index in [4.69, 9.17) is 4.74 Å². The number of nitrogens with one attached hydrogen (secondary N) is 1. The Labute approximate surface area is 115 Å². The van der Waals surface area contributed by atoms with Crippen molar-refractivity contribution in [2.45, 2.75) is 38.3 Å². The minimum Gasteiger partial charge on any atom is -0.493 e. The average molecular weight is 260 g/mol. The van der Waals surface area contributed by atoms with E-state index in [1.54, 1.807) is 0 Å². The number of para-hydroxylation sites is 1. The van der Waals surface area contributed by atoms with Crippen LogP contribution < -0.4 is 10.1 Å². The molecule has 2 heterocycles. The average Bonchev–Trinajstić information content (AvgIpc) is 2.48. The Morgan fingerprint density at radius 1 is 1.21 bits per heavy atom. The second kappa shape index (κ2) is 5.93. The smallest absolute Gasteiger partial charge is 0.124 e. The number of hydrogen-bond acceptors (Lipinski definition) is 3. The molecule has 1 unspecified atom stereocenters. The number of ether oxygens (including phenoxy) is 1. The van der Waals surface area contributed by atoms with Crippen LogP contribution in [0.2, 0.25) is 0 Å². The van der Waals surface area contributed by atoms with Crippen LogP contribution in [0.15, 0.2) is 24.3 Å². The van der Waals surface area contributed by atoms with E-state index in [0.717, 1.165) is 31.4 Å². The van der Waals surface area contributed by atoms with Crippen LogP contribution in [0.1, 0.15) is 37.8 Å². The summed E-state index contributed by atoms with van der Waals surface area (Å²) < 4.78 is 5.77. The van der Waals surface area contributed by atoms with Crippen molar-refractivity contribution in [1.82, 2.24) is 10.2 Å². The topological polar surface area (TPSA) is 24.5 Å². The molecule has 1 aromatic carbocycles. The van der Waals surface area contributed by atoms with E-state index in [1.807, 2.05) is 0 Å². The molecule has 2 aliphatic heterocycles. The van der Waals surface area contributed by atoms with E-state index >= 15 is 0 Å². The summed E-state index contributed by atoms with van der Waals surface area (Å²) in [6.07, 6.45) is 3.67. The van der Waals surface area contributed by atoms with Crippen molar-refractivity contribution < 1.29 is 4.74 Å². The fraction of sp³-hybridized carbons (Fsp3) is 0.625. The van der Waals surface area contributed by atoms with Crippen LogP contribution in [-0.4, -0.2) is 37.2 Å². The molecule has 2 aliphatic rings. The van der Waals surface area contributed by atoms with Crippen molar-refractivity contribution in [3.05, 3.63) is 29.8 Å². The van der Waals surface area contributed by atoms with Crippen molar-refractivity contribution in [3.8, 4) is 5.75 Å². The summed E-state index contributed by atoms with van der Waals surface area (Å²) in [5.74, 6) is 1.09. The zero-order valence-electron chi connectivity index (χ0n) is 11.8. The van der Waals surface area contributed by atoms with Crippen LogP contribution in [0.3, 0.4) is 0 Å². The normalized spacial score (nSPS) is 24.8. The predicted molar refractivity (Wildman–Crippen MR) is 77.6 cm³/mol. The van der Waals surface area contributed by atoms with Crippen LogP contribution in [0.25, 0.3) is 0 Å². The van der Waals surface area contributed by atoms with Gasteiger partial charge in [-0.1, -0.05) is 25.1 Å². The van der Waals surface area contributed by atoms with Crippen molar-refractivity contribution in [1.29, 1.82) is 0 Å². The lowest BCUT2D eigenvalue weighted by Crippen LogP contribution is -2.44. The summed E-state index contributed by atoms with van der Waals surface area (Å²) in [6.45, 7) is 6.55. The van der Waals surface area contributed by atoms with Gasteiger partial charge in [0.2, 0.25) is 0 Å². The van der Waals surface area contributed by atoms with Gasteiger partial charge >= 0.3 is 0 Å². The molecular weight excluding hydrogens is 236 g/mol. The Kier molecular flexibility index (Phi) is 4.04. The molecule has 1 atom stereocenters. The van der Waals surface area contributed by atoms with Gasteiger partial charge in [-0.25, -0.2) is 0 Å². The Morgan fingerprint density at radius 2 is 2.00 bits per heavy atom. The van der Waals surface area contributed by atoms with E-state index < -0.39 is 0 Å². The fourth-order valence-corrected chi connectivity index (χ4v) is 3.41. The fourth-order valence-electron chi connectivity index (χ4n) is 3.41. The van der Waals surface area contributed by atoms with Gasteiger partial charge in [0.15, 0.2) is 0 Å². The van der Waals surface area contributed by atoms with Crippen LogP contribution >= 0.6 is 0 Å². The molecular formula is C16H24N2O. The minimum absolute atomic E-state index is 0.563. The molecule has 1 aromatic rings. The summed E-state index contributed by atoms with van der Waals surface area (Å²) in [7, 11) is 0. The quantitative estimate of drug-likeness (QED) is 0.904. The third-order valence-corrected chi connectivity index (χ3v) is 4.39. The van der Waals surface area contributed by atoms with Gasteiger partial charge in [-0.2, -0.15) is 0 Å². The molecule has 19 heavy (non-hydrogen) atoms. The van der Waals surface area contributed by atoms with Gasteiger partial charge in [-0.3, -0.25) is 4.90 Å². The highest BCUT2D eigenvalue weighted by Gasteiger charge is 2.29. The van der Waals surface area contributed by atoms with E-state index in [2.05, 4.69) is 41.4 Å². The van der Waals surface area contributed by atoms with Crippen LogP contribution in [0, 0.1) is 0 Å². The summed E-state index contributed by atoms with van der Waals surface area (Å²) in [5, 5.41) is 3.58. The van der Waals surface area contributed by atoms with E-state index in [0.29, 0.717) is 6.04 Å². The van der Waals surface area contributed by atoms with Crippen LogP contribution in [0.4, 0.5) is 0 Å². The number of benzene rings is 1. The third-order valence-electron chi connectivity index (χ3n) is 4.39. The molecule has 0 aliphatic carbocycles. The minimum atomic E-state index is 0.563. The molecule has 0 saturated carbocycles. The van der Waals surface area contributed by atoms with Crippen molar-refractivity contribution in [3.63, 3.8) is 0 Å². The monoisotopic (exact) mass is 260 g/mol. The first-order chi connectivity index (χ1) is 9.38. The zero-order valence-corrected chi connectivity index (χ0v) is 11.8. The lowest BCUT2D eigenvalue weighted by Gasteiger charge is -2.40. The Bertz CT molecular complexity index is 413. The summed E-state index contributed by atoms with van der Waals surface area (Å²) in [6, 6.07) is 9.82. The number of fused-ring (bicyclic) bond motifs is 1. The maximum Gasteiger partial charge on any atom is 0.124 e. The summed E-state index contributed by atoms with van der Waals surface area (Å²) in [5.41, 5.74) is 1.38. The maximum absolute atomic E-state index is 5.77. The number of rotatable bonds is 3. The standard InChI is InChI=1S/C16H24N2O/c1-2-17-13-7-10-18(11-8-13)15-9-12-19-16-6-4-3-5-14(15)16/h3-6,13,15,17H,2,7-12H2,1H3. The zero-order chi connectivity index (χ0) is 13.1. The number of nitrogens with zero attached hydrogens (tertiary/aromatic N) is 1. The molecule has 104 valence electrons. The number of piperidine rings is 1. The van der Waals surface area contributed by atoms with Gasteiger partial charge in [-0.15, -0.1) is 0 Å². The lowest BCUT2D eigenvalue weighted by atomic mass is 9.95. The highest BCUT2D eigenvalue weighted by molar-refractivity contribution is 5.37. The SMILES string of the molecule is CCNC1CCN(C2CCOc3ccccc32)CC1. The van der Waals surface area contributed by atoms with Gasteiger partial charge < -0.3 is 10.1 Å². The largest absolute Gasteiger partial charge is 0.493 e. The van der Waals surface area contributed by atoms with Crippen molar-refractivity contribution in [2.24, 2.45) is 0 Å². The molecule has 1 fully saturated rings. The van der Waals surface area contributed by atoms with Gasteiger partial charge in [0.05, 0.1) is 6.61 Å². The molecule has 0 radical (unpaired) electrons. The second-order valence-corrected chi connectivity index (χ2v) is 5.56. The van der Waals surface area contributed by atoms with Gasteiger partial charge in [0.1, 0.15) is 5.75 Å². The predicted octanol–water partition coefficient (Wildman–Crippen LogP) is 2.58. The maximum atomic E-state index is 5.77. The highest BCUT2D eigenvalue weighted by atomic mass is 16.5. The Morgan fingerprint density at radius 3 is 2.79 bits per heavy atom. The second-order valence-electron chi connectivity index (χ2n) is 5.56.